The van der Waals surface area contributed by atoms with Gasteiger partial charge < -0.3 is 15.4 Å². The maximum absolute atomic E-state index is 13.5. The Bertz CT molecular complexity index is 745. The van der Waals surface area contributed by atoms with E-state index in [2.05, 4.69) is 12.2 Å². The van der Waals surface area contributed by atoms with Crippen LogP contribution in [0.3, 0.4) is 0 Å². The second kappa shape index (κ2) is 20.9. The fourth-order valence-electron chi connectivity index (χ4n) is 4.43. The van der Waals surface area contributed by atoms with Crippen LogP contribution < -0.4 is 10.6 Å². The van der Waals surface area contributed by atoms with E-state index in [-0.39, 0.29) is 31.3 Å². The average Bonchev–Trinajstić information content (AvgIpc) is 2.86. The smallest absolute Gasteiger partial charge is 0.463 e. The summed E-state index contributed by atoms with van der Waals surface area (Å²) in [6, 6.07) is -2.81. The normalized spacial score (nSPS) is 13.8. The predicted octanol–water partition coefficient (Wildman–Crippen LogP) is 7.88. The Balaban J connectivity index is 4.66. The van der Waals surface area contributed by atoms with Gasteiger partial charge in [-0.2, -0.15) is 22.0 Å². The predicted molar refractivity (Wildman–Crippen MR) is 150 cm³/mol. The first-order valence-corrected chi connectivity index (χ1v) is 15.4. The number of ether oxygens (including phenoxy) is 1. The van der Waals surface area contributed by atoms with E-state index in [0.717, 1.165) is 19.3 Å². The Kier molecular flexibility index (Phi) is 19.9. The van der Waals surface area contributed by atoms with E-state index in [4.69, 9.17) is 4.74 Å². The molecule has 11 heteroatoms. The molecule has 0 aliphatic rings. The maximum Gasteiger partial charge on any atom is 0.463 e. The third-order valence-electron chi connectivity index (χ3n) is 6.77. The van der Waals surface area contributed by atoms with E-state index in [1.165, 1.54) is 63.1 Å². The van der Waals surface area contributed by atoms with Crippen molar-refractivity contribution in [3.63, 3.8) is 0 Å². The Morgan fingerprint density at radius 1 is 0.634 bits per heavy atom. The van der Waals surface area contributed by atoms with Gasteiger partial charge in [-0.1, -0.05) is 112 Å². The number of esters is 1. The number of halogens is 5. The molecule has 0 heterocycles. The maximum atomic E-state index is 13.5. The summed E-state index contributed by atoms with van der Waals surface area (Å²) in [5.74, 6) is -10.4. The zero-order valence-corrected chi connectivity index (χ0v) is 25.6. The summed E-state index contributed by atoms with van der Waals surface area (Å²) >= 11 is 0. The number of hydrogen-bond acceptors (Lipinski definition) is 4. The van der Waals surface area contributed by atoms with Crippen LogP contribution in [0.25, 0.3) is 0 Å². The Hall–Kier alpha value is -1.94. The second-order valence-electron chi connectivity index (χ2n) is 11.8. The van der Waals surface area contributed by atoms with Gasteiger partial charge in [-0.3, -0.25) is 9.59 Å². The summed E-state index contributed by atoms with van der Waals surface area (Å²) < 4.78 is 70.1. The molecule has 0 saturated carbocycles. The molecule has 0 fully saturated rings. The number of carbonyl (C=O) groups is 3. The van der Waals surface area contributed by atoms with Crippen molar-refractivity contribution < 1.29 is 41.1 Å². The Labute approximate surface area is 243 Å². The molecule has 0 saturated heterocycles. The Morgan fingerprint density at radius 2 is 1.05 bits per heavy atom. The molecule has 0 radical (unpaired) electrons. The summed E-state index contributed by atoms with van der Waals surface area (Å²) in [5, 5.41) is 3.91. The number of alkyl halides is 5. The quantitative estimate of drug-likeness (QED) is 0.0710. The number of carbonyl (C=O) groups excluding carboxylic acids is 3. The summed E-state index contributed by atoms with van der Waals surface area (Å²) in [5.41, 5.74) is 0. The molecule has 242 valence electrons. The summed E-state index contributed by atoms with van der Waals surface area (Å²) in [7, 11) is 0. The van der Waals surface area contributed by atoms with E-state index < -0.39 is 42.0 Å². The molecule has 0 spiro atoms. The van der Waals surface area contributed by atoms with E-state index in [0.29, 0.717) is 6.42 Å². The van der Waals surface area contributed by atoms with Crippen LogP contribution in [0, 0.1) is 11.8 Å². The van der Waals surface area contributed by atoms with Gasteiger partial charge in [0.2, 0.25) is 5.91 Å². The molecule has 2 amide bonds. The molecule has 0 rings (SSSR count). The minimum Gasteiger partial charge on any atom is -0.464 e. The first-order valence-electron chi connectivity index (χ1n) is 15.4. The van der Waals surface area contributed by atoms with Gasteiger partial charge >= 0.3 is 24.0 Å². The molecule has 41 heavy (non-hydrogen) atoms. The van der Waals surface area contributed by atoms with E-state index in [9.17, 15) is 36.3 Å². The highest BCUT2D eigenvalue weighted by Crippen LogP contribution is 2.35. The second-order valence-corrected chi connectivity index (χ2v) is 11.8. The van der Waals surface area contributed by atoms with E-state index >= 15 is 0 Å². The van der Waals surface area contributed by atoms with Crippen molar-refractivity contribution >= 4 is 17.8 Å². The molecule has 0 aromatic carbocycles. The third-order valence-corrected chi connectivity index (χ3v) is 6.77. The van der Waals surface area contributed by atoms with Gasteiger partial charge in [-0.15, -0.1) is 0 Å². The molecule has 6 nitrogen and oxygen atoms in total. The fourth-order valence-corrected chi connectivity index (χ4v) is 4.43. The van der Waals surface area contributed by atoms with Gasteiger partial charge in [-0.25, -0.2) is 4.79 Å². The topological polar surface area (TPSA) is 84.5 Å². The monoisotopic (exact) mass is 600 g/mol. The van der Waals surface area contributed by atoms with E-state index in [1.807, 2.05) is 0 Å². The van der Waals surface area contributed by atoms with Crippen molar-refractivity contribution in [1.29, 1.82) is 0 Å². The molecule has 0 aromatic rings. The highest BCUT2D eigenvalue weighted by molar-refractivity contribution is 5.92. The van der Waals surface area contributed by atoms with Crippen LogP contribution in [0.4, 0.5) is 22.0 Å². The third kappa shape index (κ3) is 17.6. The van der Waals surface area contributed by atoms with E-state index in [1.54, 1.807) is 27.7 Å². The van der Waals surface area contributed by atoms with Gasteiger partial charge in [0, 0.05) is 0 Å². The largest absolute Gasteiger partial charge is 0.464 e. The molecule has 0 aromatic heterocycles. The lowest BCUT2D eigenvalue weighted by molar-refractivity contribution is -0.270. The van der Waals surface area contributed by atoms with Gasteiger partial charge in [0.25, 0.3) is 0 Å². The van der Waals surface area contributed by atoms with Crippen LogP contribution >= 0.6 is 0 Å². The van der Waals surface area contributed by atoms with Gasteiger partial charge in [0.1, 0.15) is 12.1 Å². The molecule has 0 aliphatic carbocycles. The van der Waals surface area contributed by atoms with Crippen molar-refractivity contribution in [2.45, 2.75) is 155 Å². The molecule has 0 bridgehead atoms. The van der Waals surface area contributed by atoms with Crippen molar-refractivity contribution in [3.05, 3.63) is 0 Å². The minimum atomic E-state index is -6.10. The molecular weight excluding hydrogens is 547 g/mol. The van der Waals surface area contributed by atoms with Crippen LogP contribution in [0.15, 0.2) is 0 Å². The van der Waals surface area contributed by atoms with Crippen LogP contribution in [-0.4, -0.2) is 48.6 Å². The van der Waals surface area contributed by atoms with Crippen molar-refractivity contribution in [2.24, 2.45) is 11.8 Å². The first-order chi connectivity index (χ1) is 19.1. The van der Waals surface area contributed by atoms with Crippen molar-refractivity contribution in [2.75, 3.05) is 6.61 Å². The number of unbranched alkanes of at least 4 members (excludes halogenated alkanes) is 12. The van der Waals surface area contributed by atoms with Crippen molar-refractivity contribution in [3.8, 4) is 0 Å². The number of nitrogens with one attached hydrogen (secondary N) is 2. The van der Waals surface area contributed by atoms with Crippen LogP contribution in [0.2, 0.25) is 0 Å². The first kappa shape index (κ1) is 39.1. The fraction of sp³-hybridized carbons (Fsp3) is 0.900. The number of amides is 2. The van der Waals surface area contributed by atoms with Crippen LogP contribution in [0.1, 0.15) is 131 Å². The number of hydrogen-bond donors (Lipinski definition) is 2. The lowest BCUT2D eigenvalue weighted by Crippen LogP contribution is -2.58. The zero-order valence-electron chi connectivity index (χ0n) is 25.6. The zero-order chi connectivity index (χ0) is 31.5. The van der Waals surface area contributed by atoms with Gasteiger partial charge in [-0.05, 0) is 31.1 Å². The summed E-state index contributed by atoms with van der Waals surface area (Å²) in [6.45, 7) is 9.21. The lowest BCUT2D eigenvalue weighted by atomic mass is 10.00. The van der Waals surface area contributed by atoms with Crippen molar-refractivity contribution in [1.82, 2.24) is 10.6 Å². The molecule has 2 atom stereocenters. The Morgan fingerprint density at radius 3 is 1.46 bits per heavy atom. The molecule has 2 unspecified atom stereocenters. The van der Waals surface area contributed by atoms with Crippen LogP contribution in [-0.2, 0) is 19.1 Å². The van der Waals surface area contributed by atoms with Gasteiger partial charge in [0.05, 0.1) is 6.61 Å². The van der Waals surface area contributed by atoms with Gasteiger partial charge in [0.15, 0.2) is 0 Å². The highest BCUT2D eigenvalue weighted by Gasteiger charge is 2.63. The average molecular weight is 601 g/mol. The highest BCUT2D eigenvalue weighted by atomic mass is 19.4. The standard InChI is InChI=1S/C30H53F5N2O4/c1-6-7-8-9-10-11-12-13-14-15-16-17-18-19-41-27(39)25(21-23(4)5)36-26(38)24(20-22(2)3)37-28(40)29(31,32)30(33,34)35/h22-25H,6-21H2,1-5H3,(H,36,38)(H,37,40). The summed E-state index contributed by atoms with van der Waals surface area (Å²) in [4.78, 5) is 37.2. The molecular formula is C30H53F5N2O4. The molecule has 0 aliphatic heterocycles. The molecule has 2 N–H and O–H groups in total. The number of rotatable bonds is 23. The summed E-state index contributed by atoms with van der Waals surface area (Å²) in [6.07, 6.45) is 9.06. The minimum absolute atomic E-state index is 0.0584. The SMILES string of the molecule is CCCCCCCCCCCCCCCOC(=O)C(CC(C)C)NC(=O)C(CC(C)C)NC(=O)C(F)(F)C(F)(F)F. The lowest BCUT2D eigenvalue weighted by Gasteiger charge is -2.26. The van der Waals surface area contributed by atoms with Crippen LogP contribution in [0.5, 0.6) is 0 Å².